The average Bonchev–Trinajstić information content (AvgIpc) is 3.33. The molecule has 1 atom stereocenters. The smallest absolute Gasteiger partial charge is 0.303 e. The fourth-order valence-corrected chi connectivity index (χ4v) is 4.25. The fraction of sp³-hybridized carbons (Fsp3) is 0.348. The number of hydrogen-bond donors (Lipinski definition) is 1. The van der Waals surface area contributed by atoms with E-state index in [0.717, 1.165) is 5.56 Å². The van der Waals surface area contributed by atoms with Crippen molar-refractivity contribution in [3.05, 3.63) is 46.7 Å². The zero-order valence-corrected chi connectivity index (χ0v) is 18.7. The van der Waals surface area contributed by atoms with Crippen molar-refractivity contribution in [2.45, 2.75) is 38.7 Å². The number of carboxylic acids is 1. The van der Waals surface area contributed by atoms with Crippen molar-refractivity contribution in [1.29, 1.82) is 0 Å². The first-order valence-corrected chi connectivity index (χ1v) is 10.7. The Morgan fingerprint density at radius 2 is 2.16 bits per heavy atom. The number of likely N-dealkylation sites (N-methyl/N-ethyl adjacent to an activating group) is 1. The maximum Gasteiger partial charge on any atom is 0.303 e. The van der Waals surface area contributed by atoms with Crippen LogP contribution in [0.1, 0.15) is 38.2 Å². The van der Waals surface area contributed by atoms with Crippen LogP contribution < -0.4 is 9.64 Å². The van der Waals surface area contributed by atoms with Gasteiger partial charge in [0.2, 0.25) is 5.82 Å². The minimum absolute atomic E-state index is 0.0101. The van der Waals surface area contributed by atoms with Gasteiger partial charge in [0, 0.05) is 31.5 Å². The van der Waals surface area contributed by atoms with E-state index in [1.54, 1.807) is 24.3 Å². The molecule has 1 aliphatic heterocycles. The number of fused-ring (bicyclic) bond motifs is 1. The lowest BCUT2D eigenvalue weighted by Gasteiger charge is -2.15. The highest BCUT2D eigenvalue weighted by molar-refractivity contribution is 6.32. The first-order valence-electron chi connectivity index (χ1n) is 10.3. The topological polar surface area (TPSA) is 88.7 Å². The number of aromatic nitrogens is 2. The van der Waals surface area contributed by atoms with Gasteiger partial charge in [-0.05, 0) is 50.1 Å². The van der Waals surface area contributed by atoms with Crippen LogP contribution in [0.3, 0.4) is 0 Å². The summed E-state index contributed by atoms with van der Waals surface area (Å²) in [5, 5.41) is 13.5. The Morgan fingerprint density at radius 3 is 2.84 bits per heavy atom. The second-order valence-electron chi connectivity index (χ2n) is 8.11. The number of anilines is 1. The van der Waals surface area contributed by atoms with Crippen LogP contribution in [0.2, 0.25) is 5.02 Å². The normalized spacial score (nSPS) is 15.3. The van der Waals surface area contributed by atoms with Crippen molar-refractivity contribution in [3.63, 3.8) is 0 Å². The molecule has 0 saturated heterocycles. The average molecular weight is 460 g/mol. The quantitative estimate of drug-likeness (QED) is 0.507. The van der Waals surface area contributed by atoms with Gasteiger partial charge < -0.3 is 19.3 Å². The third kappa shape index (κ3) is 4.27. The largest absolute Gasteiger partial charge is 0.489 e. The Labute approximate surface area is 189 Å². The molecule has 1 N–H and O–H groups in total. The van der Waals surface area contributed by atoms with Crippen molar-refractivity contribution in [2.24, 2.45) is 0 Å². The standard InChI is InChI=1S/C23H23ClFN3O4/c1-12(2)31-18-8-4-13(10-16(18)24)23-26-22(27-32-23)20-17(25)7-6-15-14(5-9-19(29)30)11-28(3)21(15)20/h4,6-8,10,12,14H,5,9,11H2,1-3H3,(H,29,30). The van der Waals surface area contributed by atoms with Crippen LogP contribution in [0.4, 0.5) is 10.1 Å². The number of benzene rings is 2. The maximum atomic E-state index is 14.9. The highest BCUT2D eigenvalue weighted by Crippen LogP contribution is 2.45. The van der Waals surface area contributed by atoms with Gasteiger partial charge in [0.1, 0.15) is 11.6 Å². The van der Waals surface area contributed by atoms with E-state index in [1.165, 1.54) is 6.07 Å². The highest BCUT2D eigenvalue weighted by Gasteiger charge is 2.32. The summed E-state index contributed by atoms with van der Waals surface area (Å²) in [5.74, 6) is -0.456. The summed E-state index contributed by atoms with van der Waals surface area (Å²) in [7, 11) is 1.84. The van der Waals surface area contributed by atoms with E-state index in [4.69, 9.17) is 26.0 Å². The molecule has 1 unspecified atom stereocenters. The monoisotopic (exact) mass is 459 g/mol. The first-order chi connectivity index (χ1) is 15.2. The van der Waals surface area contributed by atoms with Gasteiger partial charge in [-0.25, -0.2) is 4.39 Å². The molecule has 0 fully saturated rings. The molecule has 0 spiro atoms. The molecule has 1 aromatic heterocycles. The Morgan fingerprint density at radius 1 is 1.38 bits per heavy atom. The molecule has 2 aromatic carbocycles. The molecular formula is C23H23ClFN3O4. The Kier molecular flexibility index (Phi) is 6.06. The van der Waals surface area contributed by atoms with Gasteiger partial charge in [-0.3, -0.25) is 4.79 Å². The molecule has 0 saturated carbocycles. The number of carboxylic acid groups (broad SMARTS) is 1. The van der Waals surface area contributed by atoms with Crippen molar-refractivity contribution in [3.8, 4) is 28.6 Å². The number of aliphatic carboxylic acids is 1. The van der Waals surface area contributed by atoms with Gasteiger partial charge in [-0.1, -0.05) is 22.8 Å². The minimum atomic E-state index is -0.852. The molecule has 168 valence electrons. The van der Waals surface area contributed by atoms with Crippen LogP contribution >= 0.6 is 11.6 Å². The van der Waals surface area contributed by atoms with Crippen molar-refractivity contribution in [1.82, 2.24) is 10.1 Å². The molecule has 7 nitrogen and oxygen atoms in total. The van der Waals surface area contributed by atoms with Gasteiger partial charge in [0.15, 0.2) is 0 Å². The number of rotatable bonds is 7. The number of halogens is 2. The lowest BCUT2D eigenvalue weighted by molar-refractivity contribution is -0.137. The number of hydrogen-bond acceptors (Lipinski definition) is 6. The third-order valence-corrected chi connectivity index (χ3v) is 5.67. The summed E-state index contributed by atoms with van der Waals surface area (Å²) in [5.41, 5.74) is 2.37. The number of ether oxygens (including phenoxy) is 1. The first kappa shape index (κ1) is 22.1. The molecule has 32 heavy (non-hydrogen) atoms. The van der Waals surface area contributed by atoms with Gasteiger partial charge in [0.25, 0.3) is 5.89 Å². The predicted molar refractivity (Wildman–Crippen MR) is 119 cm³/mol. The van der Waals surface area contributed by atoms with E-state index in [2.05, 4.69) is 10.1 Å². The predicted octanol–water partition coefficient (Wildman–Crippen LogP) is 5.38. The molecule has 3 aromatic rings. The summed E-state index contributed by atoms with van der Waals surface area (Å²) < 4.78 is 26.0. The van der Waals surface area contributed by atoms with Crippen LogP contribution in [0.25, 0.3) is 22.8 Å². The zero-order valence-electron chi connectivity index (χ0n) is 17.9. The van der Waals surface area contributed by atoms with Gasteiger partial charge in [-0.15, -0.1) is 0 Å². The second-order valence-corrected chi connectivity index (χ2v) is 8.51. The molecule has 0 amide bonds. The Balaban J connectivity index is 1.68. The fourth-order valence-electron chi connectivity index (χ4n) is 4.03. The SMILES string of the molecule is CC(C)Oc1ccc(-c2nc(-c3c(F)ccc4c3N(C)CC4CCC(=O)O)no2)cc1Cl. The Bertz CT molecular complexity index is 1160. The van der Waals surface area contributed by atoms with Crippen LogP contribution in [0.5, 0.6) is 5.75 Å². The van der Waals surface area contributed by atoms with Gasteiger partial charge in [-0.2, -0.15) is 4.98 Å². The van der Waals surface area contributed by atoms with Crippen LogP contribution in [-0.4, -0.2) is 40.9 Å². The zero-order chi connectivity index (χ0) is 23.0. The highest BCUT2D eigenvalue weighted by atomic mass is 35.5. The number of nitrogens with zero attached hydrogens (tertiary/aromatic N) is 3. The molecule has 2 heterocycles. The molecule has 0 radical (unpaired) electrons. The summed E-state index contributed by atoms with van der Waals surface area (Å²) in [6.07, 6.45) is 0.500. The third-order valence-electron chi connectivity index (χ3n) is 5.37. The molecular weight excluding hydrogens is 437 g/mol. The summed E-state index contributed by atoms with van der Waals surface area (Å²) >= 11 is 6.31. The van der Waals surface area contributed by atoms with E-state index in [1.807, 2.05) is 25.8 Å². The molecule has 1 aliphatic rings. The molecule has 0 bridgehead atoms. The number of carbonyl (C=O) groups is 1. The van der Waals surface area contributed by atoms with E-state index in [9.17, 15) is 9.18 Å². The van der Waals surface area contributed by atoms with E-state index < -0.39 is 11.8 Å². The summed E-state index contributed by atoms with van der Waals surface area (Å²) in [6.45, 7) is 4.41. The second kappa shape index (κ2) is 8.78. The molecule has 0 aliphatic carbocycles. The van der Waals surface area contributed by atoms with Crippen LogP contribution in [0, 0.1) is 5.82 Å². The Hall–Kier alpha value is -3.13. The van der Waals surface area contributed by atoms with Crippen LogP contribution in [-0.2, 0) is 4.79 Å². The molecule has 4 rings (SSSR count). The lowest BCUT2D eigenvalue weighted by atomic mass is 9.94. The maximum absolute atomic E-state index is 14.9. The van der Waals surface area contributed by atoms with Crippen molar-refractivity contribution in [2.75, 3.05) is 18.5 Å². The summed E-state index contributed by atoms with van der Waals surface area (Å²) in [6, 6.07) is 8.21. The van der Waals surface area contributed by atoms with E-state index >= 15 is 0 Å². The van der Waals surface area contributed by atoms with Gasteiger partial charge in [0.05, 0.1) is 22.4 Å². The van der Waals surface area contributed by atoms with Crippen LogP contribution in [0.15, 0.2) is 34.9 Å². The van der Waals surface area contributed by atoms with E-state index in [-0.39, 0.29) is 35.7 Å². The minimum Gasteiger partial charge on any atom is -0.489 e. The van der Waals surface area contributed by atoms with Crippen molar-refractivity contribution >= 4 is 23.3 Å². The molecule has 9 heteroatoms. The summed E-state index contributed by atoms with van der Waals surface area (Å²) in [4.78, 5) is 17.3. The lowest BCUT2D eigenvalue weighted by Crippen LogP contribution is -2.16. The van der Waals surface area contributed by atoms with E-state index in [0.29, 0.717) is 35.0 Å². The van der Waals surface area contributed by atoms with Crippen molar-refractivity contribution < 1.29 is 23.6 Å². The van der Waals surface area contributed by atoms with Gasteiger partial charge >= 0.3 is 5.97 Å².